The van der Waals surface area contributed by atoms with Gasteiger partial charge in [0.25, 0.3) is 0 Å². The number of rotatable bonds is 4. The van der Waals surface area contributed by atoms with Gasteiger partial charge in [0.05, 0.1) is 10.0 Å². The molecule has 0 amide bonds. The Hall–Kier alpha value is -0.180. The van der Waals surface area contributed by atoms with E-state index in [1.54, 1.807) is 6.07 Å². The molecule has 0 aliphatic rings. The van der Waals surface area contributed by atoms with E-state index in [0.29, 0.717) is 27.8 Å². The summed E-state index contributed by atoms with van der Waals surface area (Å²) in [6, 6.07) is 1.89. The molecule has 0 bridgehead atoms. The van der Waals surface area contributed by atoms with E-state index in [1.165, 1.54) is 0 Å². The second kappa shape index (κ2) is 5.95. The monoisotopic (exact) mass is 280 g/mol. The first-order chi connectivity index (χ1) is 7.40. The van der Waals surface area contributed by atoms with E-state index < -0.39 is 0 Å². The Bertz CT molecular complexity index is 366. The Morgan fingerprint density at radius 1 is 1.19 bits per heavy atom. The third-order valence-corrected chi connectivity index (χ3v) is 3.06. The molecule has 0 saturated carbocycles. The molecule has 0 radical (unpaired) electrons. The minimum atomic E-state index is 0.269. The van der Waals surface area contributed by atoms with Crippen LogP contribution >= 0.6 is 34.8 Å². The summed E-state index contributed by atoms with van der Waals surface area (Å²) in [6.07, 6.45) is 1.04. The first-order valence-electron chi connectivity index (χ1n) is 5.18. The molecule has 1 rings (SSSR count). The highest BCUT2D eigenvalue weighted by Gasteiger charge is 2.11. The van der Waals surface area contributed by atoms with E-state index in [4.69, 9.17) is 34.8 Å². The minimum absolute atomic E-state index is 0.269. The first kappa shape index (κ1) is 13.9. The van der Waals surface area contributed by atoms with Gasteiger partial charge in [-0.3, -0.25) is 0 Å². The van der Waals surface area contributed by atoms with Gasteiger partial charge >= 0.3 is 0 Å². The second-order valence-electron chi connectivity index (χ2n) is 4.27. The SMILES string of the molecule is CC(C)CC(C)Nc1nc(Cl)c(Cl)cc1Cl. The summed E-state index contributed by atoms with van der Waals surface area (Å²) in [6.45, 7) is 6.42. The van der Waals surface area contributed by atoms with Crippen LogP contribution in [0.5, 0.6) is 0 Å². The fourth-order valence-electron chi connectivity index (χ4n) is 1.54. The summed E-state index contributed by atoms with van der Waals surface area (Å²) in [5.41, 5.74) is 0. The van der Waals surface area contributed by atoms with Crippen LogP contribution < -0.4 is 5.32 Å². The van der Waals surface area contributed by atoms with Crippen molar-refractivity contribution in [2.45, 2.75) is 33.2 Å². The van der Waals surface area contributed by atoms with E-state index in [9.17, 15) is 0 Å². The zero-order valence-corrected chi connectivity index (χ0v) is 11.8. The van der Waals surface area contributed by atoms with E-state index in [1.807, 2.05) is 0 Å². The highest BCUT2D eigenvalue weighted by atomic mass is 35.5. The van der Waals surface area contributed by atoms with E-state index in [0.717, 1.165) is 6.42 Å². The van der Waals surface area contributed by atoms with Gasteiger partial charge in [-0.25, -0.2) is 4.98 Å². The van der Waals surface area contributed by atoms with Gasteiger partial charge in [0, 0.05) is 6.04 Å². The largest absolute Gasteiger partial charge is 0.366 e. The average Bonchev–Trinajstić information content (AvgIpc) is 2.12. The molecular weight excluding hydrogens is 266 g/mol. The predicted octanol–water partition coefficient (Wildman–Crippen LogP) is 4.89. The molecule has 0 saturated heterocycles. The highest BCUT2D eigenvalue weighted by Crippen LogP contribution is 2.29. The van der Waals surface area contributed by atoms with E-state index in [-0.39, 0.29) is 5.15 Å². The van der Waals surface area contributed by atoms with Gasteiger partial charge in [-0.1, -0.05) is 48.7 Å². The number of halogens is 3. The second-order valence-corrected chi connectivity index (χ2v) is 5.44. The molecule has 5 heteroatoms. The van der Waals surface area contributed by atoms with Crippen LogP contribution in [0.25, 0.3) is 0 Å². The predicted molar refractivity (Wildman–Crippen MR) is 71.8 cm³/mol. The maximum atomic E-state index is 6.01. The summed E-state index contributed by atoms with van der Waals surface area (Å²) in [5, 5.41) is 4.35. The van der Waals surface area contributed by atoms with Crippen molar-refractivity contribution in [3.8, 4) is 0 Å². The van der Waals surface area contributed by atoms with Crippen molar-refractivity contribution in [1.82, 2.24) is 4.98 Å². The smallest absolute Gasteiger partial charge is 0.150 e. The van der Waals surface area contributed by atoms with Crippen LogP contribution in [-0.2, 0) is 0 Å². The highest BCUT2D eigenvalue weighted by molar-refractivity contribution is 6.42. The Balaban J connectivity index is 2.77. The van der Waals surface area contributed by atoms with Gasteiger partial charge in [0.15, 0.2) is 0 Å². The molecule has 1 aromatic rings. The normalized spacial score (nSPS) is 12.9. The lowest BCUT2D eigenvalue weighted by Gasteiger charge is -2.17. The molecule has 0 aromatic carbocycles. The van der Waals surface area contributed by atoms with E-state index >= 15 is 0 Å². The number of hydrogen-bond donors (Lipinski definition) is 1. The third kappa shape index (κ3) is 4.00. The van der Waals surface area contributed by atoms with Crippen molar-refractivity contribution < 1.29 is 0 Å². The maximum Gasteiger partial charge on any atom is 0.150 e. The average molecular weight is 282 g/mol. The lowest BCUT2D eigenvalue weighted by atomic mass is 10.1. The maximum absolute atomic E-state index is 6.01. The summed E-state index contributed by atoms with van der Waals surface area (Å²) in [5.74, 6) is 1.20. The Morgan fingerprint density at radius 2 is 1.81 bits per heavy atom. The first-order valence-corrected chi connectivity index (χ1v) is 6.31. The third-order valence-electron chi connectivity index (χ3n) is 2.09. The molecule has 16 heavy (non-hydrogen) atoms. The van der Waals surface area contributed by atoms with Crippen LogP contribution in [0.3, 0.4) is 0 Å². The van der Waals surface area contributed by atoms with Gasteiger partial charge in [-0.2, -0.15) is 0 Å². The molecule has 0 aliphatic carbocycles. The summed E-state index contributed by atoms with van der Waals surface area (Å²) in [4.78, 5) is 4.11. The fourth-order valence-corrected chi connectivity index (χ4v) is 2.10. The van der Waals surface area contributed by atoms with Crippen molar-refractivity contribution in [3.05, 3.63) is 21.3 Å². The van der Waals surface area contributed by atoms with Crippen molar-refractivity contribution in [3.63, 3.8) is 0 Å². The molecule has 0 fully saturated rings. The number of aromatic nitrogens is 1. The molecule has 90 valence electrons. The zero-order valence-electron chi connectivity index (χ0n) is 9.52. The van der Waals surface area contributed by atoms with Gasteiger partial charge < -0.3 is 5.32 Å². The van der Waals surface area contributed by atoms with Gasteiger partial charge in [-0.15, -0.1) is 0 Å². The summed E-state index contributed by atoms with van der Waals surface area (Å²) >= 11 is 17.6. The van der Waals surface area contributed by atoms with Crippen LogP contribution in [0.2, 0.25) is 15.2 Å². The van der Waals surface area contributed by atoms with Crippen LogP contribution in [-0.4, -0.2) is 11.0 Å². The standard InChI is InChI=1S/C11H15Cl3N2/c1-6(2)4-7(3)15-11-9(13)5-8(12)10(14)16-11/h5-7H,4H2,1-3H3,(H,15,16). The van der Waals surface area contributed by atoms with Crippen LogP contribution in [0.15, 0.2) is 6.07 Å². The van der Waals surface area contributed by atoms with Gasteiger partial charge in [0.1, 0.15) is 11.0 Å². The van der Waals surface area contributed by atoms with Crippen molar-refractivity contribution in [1.29, 1.82) is 0 Å². The topological polar surface area (TPSA) is 24.9 Å². The van der Waals surface area contributed by atoms with Gasteiger partial charge in [0.2, 0.25) is 0 Å². The molecule has 1 atom stereocenters. The Kier molecular flexibility index (Phi) is 5.16. The molecule has 1 aromatic heterocycles. The fraction of sp³-hybridized carbons (Fsp3) is 0.545. The lowest BCUT2D eigenvalue weighted by molar-refractivity contribution is 0.539. The Morgan fingerprint density at radius 3 is 2.38 bits per heavy atom. The molecule has 1 unspecified atom stereocenters. The summed E-state index contributed by atoms with van der Waals surface area (Å²) in [7, 11) is 0. The van der Waals surface area contributed by atoms with Crippen LogP contribution in [0, 0.1) is 5.92 Å². The molecule has 1 heterocycles. The van der Waals surface area contributed by atoms with E-state index in [2.05, 4.69) is 31.1 Å². The minimum Gasteiger partial charge on any atom is -0.366 e. The molecule has 2 nitrogen and oxygen atoms in total. The van der Waals surface area contributed by atoms with Crippen LogP contribution in [0.4, 0.5) is 5.82 Å². The van der Waals surface area contributed by atoms with Crippen LogP contribution in [0.1, 0.15) is 27.2 Å². The van der Waals surface area contributed by atoms with Crippen molar-refractivity contribution in [2.75, 3.05) is 5.32 Å². The molecule has 0 aliphatic heterocycles. The van der Waals surface area contributed by atoms with Crippen molar-refractivity contribution in [2.24, 2.45) is 5.92 Å². The Labute approximate surface area is 111 Å². The molecule has 0 spiro atoms. The lowest BCUT2D eigenvalue weighted by Crippen LogP contribution is -2.18. The number of nitrogens with zero attached hydrogens (tertiary/aromatic N) is 1. The number of pyridine rings is 1. The van der Waals surface area contributed by atoms with Gasteiger partial charge in [-0.05, 0) is 25.3 Å². The number of hydrogen-bond acceptors (Lipinski definition) is 2. The number of nitrogens with one attached hydrogen (secondary N) is 1. The number of anilines is 1. The summed E-state index contributed by atoms with van der Waals surface area (Å²) < 4.78 is 0. The van der Waals surface area contributed by atoms with Crippen molar-refractivity contribution >= 4 is 40.6 Å². The zero-order chi connectivity index (χ0) is 12.3. The molecular formula is C11H15Cl3N2. The molecule has 1 N–H and O–H groups in total. The quantitative estimate of drug-likeness (QED) is 0.795.